The molecule has 2 atom stereocenters. The van der Waals surface area contributed by atoms with Crippen LogP contribution in [0.1, 0.15) is 18.2 Å². The van der Waals surface area contributed by atoms with E-state index in [1.807, 2.05) is 12.1 Å². The van der Waals surface area contributed by atoms with E-state index in [4.69, 9.17) is 14.7 Å². The second-order valence-corrected chi connectivity index (χ2v) is 10.7. The molecule has 0 aliphatic carbocycles. The Morgan fingerprint density at radius 2 is 1.72 bits per heavy atom. The first-order valence-corrected chi connectivity index (χ1v) is 13.9. The average Bonchev–Trinajstić information content (AvgIpc) is 2.97. The minimum absolute atomic E-state index is 0.0807. The summed E-state index contributed by atoms with van der Waals surface area (Å²) in [7, 11) is 0. The highest BCUT2D eigenvalue weighted by molar-refractivity contribution is 5.92. The lowest BCUT2D eigenvalue weighted by atomic mass is 10.1. The predicted molar refractivity (Wildman–Crippen MR) is 151 cm³/mol. The second kappa shape index (κ2) is 11.3. The Labute approximate surface area is 229 Å². The first-order chi connectivity index (χ1) is 19.1. The first kappa shape index (κ1) is 25.7. The van der Waals surface area contributed by atoms with Gasteiger partial charge in [-0.05, 0) is 26.0 Å². The van der Waals surface area contributed by atoms with E-state index in [0.717, 1.165) is 101 Å². The summed E-state index contributed by atoms with van der Waals surface area (Å²) in [6.45, 7) is 14.2. The van der Waals surface area contributed by atoms with E-state index in [9.17, 15) is 5.26 Å². The van der Waals surface area contributed by atoms with Crippen LogP contribution in [0.25, 0.3) is 11.0 Å². The number of aryl methyl sites for hydroxylation is 1. The number of morpholine rings is 1. The smallest absolute Gasteiger partial charge is 0.227 e. The first-order valence-electron chi connectivity index (χ1n) is 13.9. The van der Waals surface area contributed by atoms with E-state index in [-0.39, 0.29) is 12.2 Å². The van der Waals surface area contributed by atoms with E-state index in [0.29, 0.717) is 11.1 Å². The summed E-state index contributed by atoms with van der Waals surface area (Å²) in [6, 6.07) is 8.19. The van der Waals surface area contributed by atoms with Crippen molar-refractivity contribution in [3.05, 3.63) is 41.9 Å². The zero-order chi connectivity index (χ0) is 26.8. The number of hydrogen-bond acceptors (Lipinski definition) is 11. The van der Waals surface area contributed by atoms with Gasteiger partial charge in [0, 0.05) is 96.1 Å². The zero-order valence-electron chi connectivity index (χ0n) is 22.8. The molecule has 3 fully saturated rings. The van der Waals surface area contributed by atoms with Gasteiger partial charge >= 0.3 is 0 Å². The molecular weight excluding hydrogens is 492 g/mol. The zero-order valence-corrected chi connectivity index (χ0v) is 22.8. The van der Waals surface area contributed by atoms with Gasteiger partial charge in [0.1, 0.15) is 22.9 Å². The third-order valence-electron chi connectivity index (χ3n) is 7.78. The van der Waals surface area contributed by atoms with Gasteiger partial charge in [-0.2, -0.15) is 10.2 Å². The van der Waals surface area contributed by atoms with Crippen molar-refractivity contribution in [2.24, 2.45) is 0 Å². The van der Waals surface area contributed by atoms with E-state index < -0.39 is 0 Å². The molecule has 3 aromatic rings. The molecular formula is C28H36N10O. The summed E-state index contributed by atoms with van der Waals surface area (Å²) in [5, 5.41) is 12.9. The number of anilines is 3. The topological polar surface area (TPSA) is 110 Å². The Hall–Kier alpha value is -3.59. The molecule has 1 aromatic carbocycles. The van der Waals surface area contributed by atoms with E-state index in [2.05, 4.69) is 60.9 Å². The minimum Gasteiger partial charge on any atom is -0.370 e. The molecule has 0 bridgehead atoms. The van der Waals surface area contributed by atoms with Crippen LogP contribution in [0.2, 0.25) is 0 Å². The van der Waals surface area contributed by atoms with Crippen molar-refractivity contribution in [2.45, 2.75) is 26.1 Å². The molecule has 1 N–H and O–H groups in total. The van der Waals surface area contributed by atoms with Crippen molar-refractivity contribution in [2.75, 3.05) is 86.7 Å². The van der Waals surface area contributed by atoms with Crippen molar-refractivity contribution in [1.29, 1.82) is 5.26 Å². The maximum Gasteiger partial charge on any atom is 0.227 e. The molecule has 0 amide bonds. The van der Waals surface area contributed by atoms with Crippen LogP contribution < -0.4 is 20.0 Å². The summed E-state index contributed by atoms with van der Waals surface area (Å²) in [5.41, 5.74) is 4.01. The standard InChI is InChI=1S/C28H36N10O/c1-20-15-25(36-9-7-30-8-10-36)34-28(33-20)37-13-11-35(12-14-37)18-23-19-38(17-21(2)39-23)24-4-3-22(16-29)26-27(24)32-6-5-31-26/h3-6,15,21,23,30H,7-14,17-19H2,1-2H3/t21-,23+/m1/s1. The number of benzene rings is 1. The lowest BCUT2D eigenvalue weighted by molar-refractivity contribution is -0.0327. The van der Waals surface area contributed by atoms with Gasteiger partial charge in [0.25, 0.3) is 0 Å². The lowest BCUT2D eigenvalue weighted by Crippen LogP contribution is -2.54. The molecule has 6 rings (SSSR count). The third kappa shape index (κ3) is 5.59. The number of rotatable bonds is 5. The van der Waals surface area contributed by atoms with Crippen LogP contribution >= 0.6 is 0 Å². The SMILES string of the molecule is Cc1cc(N2CCNCC2)nc(N2CCN(C[C@H]3CN(c4ccc(C#N)c5nccnc45)C[C@@H](C)O3)CC2)n1. The Bertz CT molecular complexity index is 1350. The normalized spacial score (nSPS) is 22.7. The van der Waals surface area contributed by atoms with Crippen LogP contribution in [0.3, 0.4) is 0 Å². The molecule has 0 saturated carbocycles. The van der Waals surface area contributed by atoms with Gasteiger partial charge in [-0.1, -0.05) is 0 Å². The number of nitrogens with one attached hydrogen (secondary N) is 1. The monoisotopic (exact) mass is 528 g/mol. The molecule has 5 heterocycles. The Kier molecular flexibility index (Phi) is 7.41. The van der Waals surface area contributed by atoms with Crippen molar-refractivity contribution < 1.29 is 4.74 Å². The molecule has 3 saturated heterocycles. The maximum atomic E-state index is 9.51. The van der Waals surface area contributed by atoms with Crippen molar-refractivity contribution in [1.82, 2.24) is 30.2 Å². The third-order valence-corrected chi connectivity index (χ3v) is 7.78. The fourth-order valence-electron chi connectivity index (χ4n) is 5.88. The Morgan fingerprint density at radius 3 is 2.49 bits per heavy atom. The molecule has 2 aromatic heterocycles. The summed E-state index contributed by atoms with van der Waals surface area (Å²) in [5.74, 6) is 1.87. The van der Waals surface area contributed by atoms with Gasteiger partial charge in [0.05, 0.1) is 23.5 Å². The largest absolute Gasteiger partial charge is 0.370 e. The molecule has 39 heavy (non-hydrogen) atoms. The second-order valence-electron chi connectivity index (χ2n) is 10.7. The average molecular weight is 529 g/mol. The summed E-state index contributed by atoms with van der Waals surface area (Å²) in [6.07, 6.45) is 3.51. The van der Waals surface area contributed by atoms with Crippen molar-refractivity contribution in [3.63, 3.8) is 0 Å². The highest BCUT2D eigenvalue weighted by Crippen LogP contribution is 2.29. The van der Waals surface area contributed by atoms with Crippen molar-refractivity contribution in [3.8, 4) is 6.07 Å². The molecule has 0 radical (unpaired) electrons. The van der Waals surface area contributed by atoms with Crippen LogP contribution in [0.15, 0.2) is 30.6 Å². The van der Waals surface area contributed by atoms with Gasteiger partial charge in [0.2, 0.25) is 5.95 Å². The number of hydrogen-bond donors (Lipinski definition) is 1. The molecule has 0 spiro atoms. The number of ether oxygens (including phenoxy) is 1. The molecule has 3 aliphatic heterocycles. The number of piperazine rings is 2. The lowest BCUT2D eigenvalue weighted by Gasteiger charge is -2.42. The fourth-order valence-corrected chi connectivity index (χ4v) is 5.88. The number of nitrogens with zero attached hydrogens (tertiary/aromatic N) is 9. The van der Waals surface area contributed by atoms with Gasteiger partial charge in [-0.15, -0.1) is 0 Å². The van der Waals surface area contributed by atoms with Gasteiger partial charge < -0.3 is 24.8 Å². The minimum atomic E-state index is 0.0807. The van der Waals surface area contributed by atoms with Crippen LogP contribution in [0, 0.1) is 18.3 Å². The predicted octanol–water partition coefficient (Wildman–Crippen LogP) is 1.43. The Morgan fingerprint density at radius 1 is 0.949 bits per heavy atom. The van der Waals surface area contributed by atoms with E-state index in [1.54, 1.807) is 12.4 Å². The quantitative estimate of drug-likeness (QED) is 0.519. The highest BCUT2D eigenvalue weighted by atomic mass is 16.5. The highest BCUT2D eigenvalue weighted by Gasteiger charge is 2.30. The summed E-state index contributed by atoms with van der Waals surface area (Å²) < 4.78 is 6.39. The fraction of sp³-hybridized carbons (Fsp3) is 0.536. The number of fused-ring (bicyclic) bond motifs is 1. The molecule has 11 heteroatoms. The van der Waals surface area contributed by atoms with Crippen LogP contribution in [0.5, 0.6) is 0 Å². The van der Waals surface area contributed by atoms with Crippen LogP contribution in [0.4, 0.5) is 17.5 Å². The maximum absolute atomic E-state index is 9.51. The van der Waals surface area contributed by atoms with Crippen LogP contribution in [-0.2, 0) is 4.74 Å². The summed E-state index contributed by atoms with van der Waals surface area (Å²) in [4.78, 5) is 28.2. The van der Waals surface area contributed by atoms with Gasteiger partial charge in [-0.3, -0.25) is 14.9 Å². The van der Waals surface area contributed by atoms with Crippen LogP contribution in [-0.4, -0.2) is 109 Å². The van der Waals surface area contributed by atoms with Crippen molar-refractivity contribution >= 4 is 28.5 Å². The molecule has 11 nitrogen and oxygen atoms in total. The number of nitriles is 1. The van der Waals surface area contributed by atoms with Gasteiger partial charge in [0.15, 0.2) is 0 Å². The molecule has 204 valence electrons. The summed E-state index contributed by atoms with van der Waals surface area (Å²) >= 11 is 0. The molecule has 3 aliphatic rings. The van der Waals surface area contributed by atoms with E-state index in [1.165, 1.54) is 0 Å². The Balaban J connectivity index is 1.10. The van der Waals surface area contributed by atoms with Gasteiger partial charge in [-0.25, -0.2) is 4.98 Å². The molecule has 0 unspecified atom stereocenters. The van der Waals surface area contributed by atoms with E-state index >= 15 is 0 Å². The number of aromatic nitrogens is 4.